The van der Waals surface area contributed by atoms with Crippen LogP contribution in [0.2, 0.25) is 0 Å². The Bertz CT molecular complexity index is 510. The molecule has 3 atom stereocenters. The molecule has 1 saturated carbocycles. The maximum absolute atomic E-state index is 12.3. The summed E-state index contributed by atoms with van der Waals surface area (Å²) in [5.74, 6) is 1.77. The maximum Gasteiger partial charge on any atom is 0.220 e. The number of carbonyl (C=O) groups excluding carboxylic acids is 1. The molecule has 136 valence electrons. The maximum atomic E-state index is 12.3. The Hall–Kier alpha value is -1.26. The second kappa shape index (κ2) is 10.6. The number of benzene rings is 1. The van der Waals surface area contributed by atoms with Crippen LogP contribution in [0.1, 0.15) is 44.6 Å². The number of hydrogen-bond acceptors (Lipinski definition) is 3. The van der Waals surface area contributed by atoms with Gasteiger partial charge in [0.2, 0.25) is 5.91 Å². The molecule has 4 nitrogen and oxygen atoms in total. The molecule has 3 unspecified atom stereocenters. The lowest BCUT2D eigenvalue weighted by molar-refractivity contribution is -0.123. The standard InChI is InChI=1S/C19H30N2O2.ClH/c1-14(11-15-7-4-6-10-18(15)23-2)12-19(22)21-17-9-5-3-8-16(17)13-20;/h4,6-7,10,14,16-17H,3,5,8-9,11-13,20H2,1-2H3,(H,21,22);1H. The highest BCUT2D eigenvalue weighted by molar-refractivity contribution is 5.85. The summed E-state index contributed by atoms with van der Waals surface area (Å²) in [6.45, 7) is 2.79. The molecule has 1 aromatic carbocycles. The molecule has 0 heterocycles. The summed E-state index contributed by atoms with van der Waals surface area (Å²) < 4.78 is 5.39. The second-order valence-corrected chi connectivity index (χ2v) is 6.78. The van der Waals surface area contributed by atoms with Gasteiger partial charge in [0.15, 0.2) is 0 Å². The van der Waals surface area contributed by atoms with Crippen molar-refractivity contribution in [3.63, 3.8) is 0 Å². The first-order valence-electron chi connectivity index (χ1n) is 8.75. The lowest BCUT2D eigenvalue weighted by atomic mass is 9.84. The average Bonchev–Trinajstić information content (AvgIpc) is 2.55. The van der Waals surface area contributed by atoms with Crippen molar-refractivity contribution >= 4 is 18.3 Å². The van der Waals surface area contributed by atoms with E-state index in [1.807, 2.05) is 18.2 Å². The Kier molecular flexibility index (Phi) is 9.16. The van der Waals surface area contributed by atoms with Crippen molar-refractivity contribution in [3.8, 4) is 5.75 Å². The van der Waals surface area contributed by atoms with E-state index in [1.165, 1.54) is 12.8 Å². The van der Waals surface area contributed by atoms with E-state index in [-0.39, 0.29) is 30.3 Å². The van der Waals surface area contributed by atoms with E-state index in [1.54, 1.807) is 7.11 Å². The molecule has 0 radical (unpaired) electrons. The number of halogens is 1. The molecule has 1 aliphatic carbocycles. The van der Waals surface area contributed by atoms with E-state index in [4.69, 9.17) is 10.5 Å². The van der Waals surface area contributed by atoms with Gasteiger partial charge in [-0.3, -0.25) is 4.79 Å². The molecular formula is C19H31ClN2O2. The van der Waals surface area contributed by atoms with Crippen LogP contribution in [0.4, 0.5) is 0 Å². The van der Waals surface area contributed by atoms with E-state index in [0.29, 0.717) is 18.9 Å². The largest absolute Gasteiger partial charge is 0.496 e. The van der Waals surface area contributed by atoms with Crippen LogP contribution in [0.15, 0.2) is 24.3 Å². The van der Waals surface area contributed by atoms with Crippen LogP contribution in [0, 0.1) is 11.8 Å². The van der Waals surface area contributed by atoms with E-state index in [0.717, 1.165) is 30.6 Å². The van der Waals surface area contributed by atoms with E-state index in [2.05, 4.69) is 18.3 Å². The summed E-state index contributed by atoms with van der Waals surface area (Å²) in [5.41, 5.74) is 7.00. The van der Waals surface area contributed by atoms with E-state index in [9.17, 15) is 4.79 Å². The summed E-state index contributed by atoms with van der Waals surface area (Å²) in [5, 5.41) is 3.21. The number of rotatable bonds is 7. The molecule has 24 heavy (non-hydrogen) atoms. The summed E-state index contributed by atoms with van der Waals surface area (Å²) >= 11 is 0. The molecule has 3 N–H and O–H groups in total. The predicted octanol–water partition coefficient (Wildman–Crippen LogP) is 3.32. The highest BCUT2D eigenvalue weighted by atomic mass is 35.5. The highest BCUT2D eigenvalue weighted by Gasteiger charge is 2.25. The molecule has 0 saturated heterocycles. The van der Waals surface area contributed by atoms with Gasteiger partial charge in [-0.25, -0.2) is 0 Å². The smallest absolute Gasteiger partial charge is 0.220 e. The van der Waals surface area contributed by atoms with Crippen LogP contribution in [0.3, 0.4) is 0 Å². The summed E-state index contributed by atoms with van der Waals surface area (Å²) in [6, 6.07) is 8.28. The van der Waals surface area contributed by atoms with Gasteiger partial charge >= 0.3 is 0 Å². The van der Waals surface area contributed by atoms with Crippen molar-refractivity contribution in [1.82, 2.24) is 5.32 Å². The Balaban J connectivity index is 0.00000288. The van der Waals surface area contributed by atoms with Gasteiger partial charge in [0.25, 0.3) is 0 Å². The first-order chi connectivity index (χ1) is 11.1. The van der Waals surface area contributed by atoms with Gasteiger partial charge in [0.1, 0.15) is 5.75 Å². The van der Waals surface area contributed by atoms with Gasteiger partial charge in [0, 0.05) is 12.5 Å². The number of hydrogen-bond donors (Lipinski definition) is 2. The first-order valence-corrected chi connectivity index (χ1v) is 8.75. The zero-order chi connectivity index (χ0) is 16.7. The molecule has 0 aliphatic heterocycles. The van der Waals surface area contributed by atoms with Crippen LogP contribution in [-0.4, -0.2) is 25.6 Å². The first kappa shape index (κ1) is 20.8. The highest BCUT2D eigenvalue weighted by Crippen LogP contribution is 2.25. The third-order valence-corrected chi connectivity index (χ3v) is 4.85. The van der Waals surface area contributed by atoms with Crippen molar-refractivity contribution in [1.29, 1.82) is 0 Å². The minimum atomic E-state index is 0. The van der Waals surface area contributed by atoms with Crippen LogP contribution < -0.4 is 15.8 Å². The molecule has 0 aromatic heterocycles. The molecule has 1 fully saturated rings. The molecule has 1 aromatic rings. The summed E-state index contributed by atoms with van der Waals surface area (Å²) in [7, 11) is 1.69. The molecule has 5 heteroatoms. The van der Waals surface area contributed by atoms with Crippen molar-refractivity contribution in [2.45, 2.75) is 51.5 Å². The number of methoxy groups -OCH3 is 1. The Labute approximate surface area is 151 Å². The van der Waals surface area contributed by atoms with Crippen LogP contribution in [0.25, 0.3) is 0 Å². The van der Waals surface area contributed by atoms with E-state index < -0.39 is 0 Å². The molecule has 1 aliphatic rings. The Morgan fingerprint density at radius 3 is 2.75 bits per heavy atom. The second-order valence-electron chi connectivity index (χ2n) is 6.78. The number of nitrogens with one attached hydrogen (secondary N) is 1. The third-order valence-electron chi connectivity index (χ3n) is 4.85. The summed E-state index contributed by atoms with van der Waals surface area (Å²) in [4.78, 5) is 12.3. The molecular weight excluding hydrogens is 324 g/mol. The Morgan fingerprint density at radius 2 is 2.04 bits per heavy atom. The van der Waals surface area contributed by atoms with Crippen LogP contribution in [0.5, 0.6) is 5.75 Å². The van der Waals surface area contributed by atoms with Crippen molar-refractivity contribution in [3.05, 3.63) is 29.8 Å². The van der Waals surface area contributed by atoms with Crippen molar-refractivity contribution < 1.29 is 9.53 Å². The molecule has 1 amide bonds. The van der Waals surface area contributed by atoms with Gasteiger partial charge in [-0.15, -0.1) is 12.4 Å². The Morgan fingerprint density at radius 1 is 1.33 bits per heavy atom. The predicted molar refractivity (Wildman–Crippen MR) is 101 cm³/mol. The lowest BCUT2D eigenvalue weighted by Gasteiger charge is -2.31. The topological polar surface area (TPSA) is 64.3 Å². The number of nitrogens with two attached hydrogens (primary N) is 1. The zero-order valence-electron chi connectivity index (χ0n) is 14.8. The fourth-order valence-electron chi connectivity index (χ4n) is 3.58. The van der Waals surface area contributed by atoms with Gasteiger partial charge in [0.05, 0.1) is 7.11 Å². The van der Waals surface area contributed by atoms with Gasteiger partial charge in [-0.2, -0.15) is 0 Å². The molecule has 0 spiro atoms. The van der Waals surface area contributed by atoms with Gasteiger partial charge in [-0.1, -0.05) is 38.0 Å². The third kappa shape index (κ3) is 5.99. The van der Waals surface area contributed by atoms with Crippen molar-refractivity contribution in [2.24, 2.45) is 17.6 Å². The number of ether oxygens (including phenoxy) is 1. The number of para-hydroxylation sites is 1. The monoisotopic (exact) mass is 354 g/mol. The average molecular weight is 355 g/mol. The molecule has 2 rings (SSSR count). The minimum Gasteiger partial charge on any atom is -0.496 e. The van der Waals surface area contributed by atoms with Crippen molar-refractivity contribution in [2.75, 3.05) is 13.7 Å². The SMILES string of the molecule is COc1ccccc1CC(C)CC(=O)NC1CCCCC1CN.Cl. The lowest BCUT2D eigenvalue weighted by Crippen LogP contribution is -2.45. The number of carbonyl (C=O) groups is 1. The number of amides is 1. The van der Waals surface area contributed by atoms with E-state index >= 15 is 0 Å². The summed E-state index contributed by atoms with van der Waals surface area (Å²) in [6.07, 6.45) is 6.03. The fourth-order valence-corrected chi connectivity index (χ4v) is 3.58. The molecule has 0 bridgehead atoms. The minimum absolute atomic E-state index is 0. The zero-order valence-corrected chi connectivity index (χ0v) is 15.6. The van der Waals surface area contributed by atoms with Crippen LogP contribution >= 0.6 is 12.4 Å². The van der Waals surface area contributed by atoms with Crippen LogP contribution in [-0.2, 0) is 11.2 Å². The fraction of sp³-hybridized carbons (Fsp3) is 0.632. The quantitative estimate of drug-likeness (QED) is 0.789. The van der Waals surface area contributed by atoms with Gasteiger partial charge < -0.3 is 15.8 Å². The normalized spacial score (nSPS) is 21.5. The van der Waals surface area contributed by atoms with Gasteiger partial charge in [-0.05, 0) is 49.3 Å².